The van der Waals surface area contributed by atoms with Crippen LogP contribution in [0, 0.1) is 10.1 Å². The highest BCUT2D eigenvalue weighted by Crippen LogP contribution is 2.31. The molecule has 6 nitrogen and oxygen atoms in total. The van der Waals surface area contributed by atoms with Gasteiger partial charge in [-0.1, -0.05) is 0 Å². The van der Waals surface area contributed by atoms with Crippen molar-refractivity contribution < 1.29 is 19.2 Å². The number of hydrogen-bond acceptors (Lipinski definition) is 5. The van der Waals surface area contributed by atoms with Crippen LogP contribution in [0.4, 0.5) is 5.69 Å². The molecule has 18 heavy (non-hydrogen) atoms. The van der Waals surface area contributed by atoms with Gasteiger partial charge in [-0.3, -0.25) is 10.1 Å². The standard InChI is InChI=1S/C12H15NO5/c1-9(14)4-3-7-18-12-6-5-10(17-2)8-11(12)13(15)16/h5-6,8H,3-4,7H2,1-2H3. The number of ether oxygens (including phenoxy) is 2. The van der Waals surface area contributed by atoms with Crippen LogP contribution in [-0.4, -0.2) is 24.4 Å². The van der Waals surface area contributed by atoms with Crippen molar-refractivity contribution in [1.29, 1.82) is 0 Å². The number of Topliss-reactive ketones (excluding diaryl/α,β-unsaturated/α-hetero) is 1. The minimum atomic E-state index is -0.525. The number of methoxy groups -OCH3 is 1. The first-order valence-electron chi connectivity index (χ1n) is 5.49. The van der Waals surface area contributed by atoms with E-state index in [-0.39, 0.29) is 23.8 Å². The van der Waals surface area contributed by atoms with Gasteiger partial charge in [0.25, 0.3) is 0 Å². The predicted molar refractivity (Wildman–Crippen MR) is 65.1 cm³/mol. The van der Waals surface area contributed by atoms with Crippen molar-refractivity contribution in [3.63, 3.8) is 0 Å². The lowest BCUT2D eigenvalue weighted by atomic mass is 10.2. The lowest BCUT2D eigenvalue weighted by molar-refractivity contribution is -0.385. The second-order valence-electron chi connectivity index (χ2n) is 3.74. The van der Waals surface area contributed by atoms with E-state index in [4.69, 9.17) is 9.47 Å². The van der Waals surface area contributed by atoms with E-state index in [0.717, 1.165) is 0 Å². The molecule has 0 atom stereocenters. The number of carbonyl (C=O) groups excluding carboxylic acids is 1. The Morgan fingerprint density at radius 1 is 1.44 bits per heavy atom. The molecule has 0 aromatic heterocycles. The van der Waals surface area contributed by atoms with Crippen LogP contribution >= 0.6 is 0 Å². The summed E-state index contributed by atoms with van der Waals surface area (Å²) >= 11 is 0. The molecule has 0 N–H and O–H groups in total. The van der Waals surface area contributed by atoms with Crippen LogP contribution in [0.2, 0.25) is 0 Å². The number of benzene rings is 1. The fraction of sp³-hybridized carbons (Fsp3) is 0.417. The Hall–Kier alpha value is -2.11. The van der Waals surface area contributed by atoms with E-state index in [9.17, 15) is 14.9 Å². The number of hydrogen-bond donors (Lipinski definition) is 0. The molecule has 0 fully saturated rings. The molecule has 0 aliphatic rings. The average molecular weight is 253 g/mol. The molecule has 6 heteroatoms. The highest BCUT2D eigenvalue weighted by molar-refractivity contribution is 5.75. The summed E-state index contributed by atoms with van der Waals surface area (Å²) in [4.78, 5) is 21.1. The molecule has 0 bridgehead atoms. The molecule has 0 heterocycles. The van der Waals surface area contributed by atoms with Gasteiger partial charge in [0.2, 0.25) is 0 Å². The average Bonchev–Trinajstić information content (AvgIpc) is 2.34. The number of carbonyl (C=O) groups is 1. The van der Waals surface area contributed by atoms with Crippen LogP contribution < -0.4 is 9.47 Å². The van der Waals surface area contributed by atoms with E-state index < -0.39 is 4.92 Å². The van der Waals surface area contributed by atoms with Gasteiger partial charge in [0, 0.05) is 6.42 Å². The zero-order valence-electron chi connectivity index (χ0n) is 10.3. The third-order valence-corrected chi connectivity index (χ3v) is 2.29. The molecule has 98 valence electrons. The van der Waals surface area contributed by atoms with E-state index in [1.165, 1.54) is 26.2 Å². The topological polar surface area (TPSA) is 78.7 Å². The van der Waals surface area contributed by atoms with Crippen molar-refractivity contribution in [3.8, 4) is 11.5 Å². The van der Waals surface area contributed by atoms with Crippen molar-refractivity contribution >= 4 is 11.5 Å². The first-order chi connectivity index (χ1) is 8.54. The zero-order valence-corrected chi connectivity index (χ0v) is 10.3. The number of ketones is 1. The minimum absolute atomic E-state index is 0.0721. The summed E-state index contributed by atoms with van der Waals surface area (Å²) in [6, 6.07) is 4.39. The van der Waals surface area contributed by atoms with E-state index in [2.05, 4.69) is 0 Å². The van der Waals surface area contributed by atoms with Gasteiger partial charge in [-0.2, -0.15) is 0 Å². The lowest BCUT2D eigenvalue weighted by Gasteiger charge is -2.07. The van der Waals surface area contributed by atoms with Crippen LogP contribution in [0.3, 0.4) is 0 Å². The molecular weight excluding hydrogens is 238 g/mol. The number of nitro benzene ring substituents is 1. The summed E-state index contributed by atoms with van der Waals surface area (Å²) in [6.07, 6.45) is 0.947. The van der Waals surface area contributed by atoms with Crippen molar-refractivity contribution in [2.24, 2.45) is 0 Å². The van der Waals surface area contributed by atoms with Gasteiger partial charge < -0.3 is 14.3 Å². The minimum Gasteiger partial charge on any atom is -0.496 e. The maximum atomic E-state index is 10.8. The molecular formula is C12H15NO5. The first-order valence-corrected chi connectivity index (χ1v) is 5.49. The molecule has 0 unspecified atom stereocenters. The number of nitro groups is 1. The Balaban J connectivity index is 2.69. The highest BCUT2D eigenvalue weighted by atomic mass is 16.6. The van der Waals surface area contributed by atoms with Crippen molar-refractivity contribution in [2.45, 2.75) is 19.8 Å². The van der Waals surface area contributed by atoms with Gasteiger partial charge in [-0.05, 0) is 25.5 Å². The van der Waals surface area contributed by atoms with E-state index in [0.29, 0.717) is 18.6 Å². The Labute approximate surface area is 105 Å². The molecule has 0 aliphatic heterocycles. The van der Waals surface area contributed by atoms with E-state index in [1.54, 1.807) is 6.07 Å². The maximum Gasteiger partial charge on any atom is 0.314 e. The van der Waals surface area contributed by atoms with E-state index in [1.807, 2.05) is 0 Å². The Morgan fingerprint density at radius 2 is 2.17 bits per heavy atom. The Kier molecular flexibility index (Phi) is 5.10. The van der Waals surface area contributed by atoms with Crippen LogP contribution in [0.15, 0.2) is 18.2 Å². The van der Waals surface area contributed by atoms with Gasteiger partial charge in [0.1, 0.15) is 11.5 Å². The summed E-state index contributed by atoms with van der Waals surface area (Å²) in [7, 11) is 1.44. The molecule has 1 aromatic rings. The zero-order chi connectivity index (χ0) is 13.5. The fourth-order valence-electron chi connectivity index (χ4n) is 1.39. The normalized spacial score (nSPS) is 9.89. The number of nitrogens with zero attached hydrogens (tertiary/aromatic N) is 1. The summed E-state index contributed by atoms with van der Waals surface area (Å²) < 4.78 is 10.2. The van der Waals surface area contributed by atoms with Crippen LogP contribution in [0.25, 0.3) is 0 Å². The fourth-order valence-corrected chi connectivity index (χ4v) is 1.39. The molecule has 1 aromatic carbocycles. The van der Waals surface area contributed by atoms with Gasteiger partial charge in [0.05, 0.1) is 24.7 Å². The van der Waals surface area contributed by atoms with Crippen LogP contribution in [0.5, 0.6) is 11.5 Å². The van der Waals surface area contributed by atoms with Gasteiger partial charge in [-0.25, -0.2) is 0 Å². The molecule has 0 spiro atoms. The SMILES string of the molecule is COc1ccc(OCCCC(C)=O)c([N+](=O)[O-])c1. The van der Waals surface area contributed by atoms with Crippen molar-refractivity contribution in [3.05, 3.63) is 28.3 Å². The molecule has 1 rings (SSSR count). The lowest BCUT2D eigenvalue weighted by Crippen LogP contribution is -2.02. The Morgan fingerprint density at radius 3 is 2.72 bits per heavy atom. The quantitative estimate of drug-likeness (QED) is 0.423. The van der Waals surface area contributed by atoms with Crippen molar-refractivity contribution in [2.75, 3.05) is 13.7 Å². The van der Waals surface area contributed by atoms with Crippen molar-refractivity contribution in [1.82, 2.24) is 0 Å². The maximum absolute atomic E-state index is 10.8. The second-order valence-corrected chi connectivity index (χ2v) is 3.74. The third-order valence-electron chi connectivity index (χ3n) is 2.29. The predicted octanol–water partition coefficient (Wildman–Crippen LogP) is 2.35. The molecule has 0 amide bonds. The largest absolute Gasteiger partial charge is 0.496 e. The van der Waals surface area contributed by atoms with E-state index >= 15 is 0 Å². The smallest absolute Gasteiger partial charge is 0.314 e. The van der Waals surface area contributed by atoms with Gasteiger partial charge in [0.15, 0.2) is 5.75 Å². The third kappa shape index (κ3) is 4.04. The summed E-state index contributed by atoms with van der Waals surface area (Å²) in [6.45, 7) is 1.77. The van der Waals surface area contributed by atoms with Crippen LogP contribution in [0.1, 0.15) is 19.8 Å². The molecule has 0 saturated heterocycles. The van der Waals surface area contributed by atoms with Crippen LogP contribution in [-0.2, 0) is 4.79 Å². The molecule has 0 aliphatic carbocycles. The monoisotopic (exact) mass is 253 g/mol. The molecule has 0 radical (unpaired) electrons. The van der Waals surface area contributed by atoms with Gasteiger partial charge >= 0.3 is 5.69 Å². The summed E-state index contributed by atoms with van der Waals surface area (Å²) in [5, 5.41) is 10.8. The second kappa shape index (κ2) is 6.58. The highest BCUT2D eigenvalue weighted by Gasteiger charge is 2.16. The first kappa shape index (κ1) is 14.0. The summed E-state index contributed by atoms with van der Waals surface area (Å²) in [5.41, 5.74) is -0.142. The molecule has 0 saturated carbocycles. The Bertz CT molecular complexity index is 444. The number of rotatable bonds is 7. The summed E-state index contributed by atoms with van der Waals surface area (Å²) in [5.74, 6) is 0.657. The van der Waals surface area contributed by atoms with Gasteiger partial charge in [-0.15, -0.1) is 0 Å².